The van der Waals surface area contributed by atoms with E-state index in [1.54, 1.807) is 31.2 Å². The van der Waals surface area contributed by atoms with E-state index in [-0.39, 0.29) is 11.8 Å². The summed E-state index contributed by atoms with van der Waals surface area (Å²) >= 11 is 3.32. The fourth-order valence-corrected chi connectivity index (χ4v) is 2.33. The summed E-state index contributed by atoms with van der Waals surface area (Å²) in [5.74, 6) is 0.715. The number of aromatic nitrogens is 1. The van der Waals surface area contributed by atoms with Crippen LogP contribution in [0.15, 0.2) is 39.3 Å². The van der Waals surface area contributed by atoms with Gasteiger partial charge >= 0.3 is 0 Å². The smallest absolute Gasteiger partial charge is 0.251 e. The molecule has 22 heavy (non-hydrogen) atoms. The minimum Gasteiger partial charge on any atom is -0.360 e. The van der Waals surface area contributed by atoms with Crippen molar-refractivity contribution in [1.82, 2.24) is 10.5 Å². The zero-order chi connectivity index (χ0) is 16.1. The molecule has 7 heteroatoms. The van der Waals surface area contributed by atoms with E-state index in [0.29, 0.717) is 30.2 Å². The fraction of sp³-hybridized carbons (Fsp3) is 0.267. The van der Waals surface area contributed by atoms with Crippen LogP contribution in [-0.4, -0.2) is 30.1 Å². The molecular formula is C15H16BrN3O3. The first-order valence-corrected chi connectivity index (χ1v) is 7.52. The SMILES string of the molecule is CC(=O)N(CCNC(=O)c1cccc(Br)c1)c1cc(C)on1. The van der Waals surface area contributed by atoms with Crippen molar-refractivity contribution in [1.29, 1.82) is 0 Å². The molecular weight excluding hydrogens is 350 g/mol. The van der Waals surface area contributed by atoms with E-state index in [1.807, 2.05) is 6.07 Å². The van der Waals surface area contributed by atoms with E-state index in [1.165, 1.54) is 11.8 Å². The van der Waals surface area contributed by atoms with Crippen LogP contribution in [0.1, 0.15) is 23.0 Å². The Labute approximate surface area is 136 Å². The minimum atomic E-state index is -0.193. The summed E-state index contributed by atoms with van der Waals surface area (Å²) < 4.78 is 5.81. The summed E-state index contributed by atoms with van der Waals surface area (Å²) in [4.78, 5) is 25.1. The first kappa shape index (κ1) is 16.2. The number of amides is 2. The zero-order valence-electron chi connectivity index (χ0n) is 12.3. The Morgan fingerprint density at radius 2 is 2.14 bits per heavy atom. The van der Waals surface area contributed by atoms with Crippen LogP contribution in [0.3, 0.4) is 0 Å². The highest BCUT2D eigenvalue weighted by atomic mass is 79.9. The predicted octanol–water partition coefficient (Wildman–Crippen LogP) is 2.53. The number of carbonyl (C=O) groups is 2. The van der Waals surface area contributed by atoms with Crippen molar-refractivity contribution in [2.75, 3.05) is 18.0 Å². The maximum absolute atomic E-state index is 12.0. The number of benzene rings is 1. The molecule has 0 fully saturated rings. The minimum absolute atomic E-state index is 0.162. The molecule has 0 unspecified atom stereocenters. The van der Waals surface area contributed by atoms with Crippen LogP contribution in [0.25, 0.3) is 0 Å². The van der Waals surface area contributed by atoms with Crippen molar-refractivity contribution in [3.63, 3.8) is 0 Å². The molecule has 1 N–H and O–H groups in total. The van der Waals surface area contributed by atoms with Gasteiger partial charge in [0, 0.05) is 36.1 Å². The van der Waals surface area contributed by atoms with E-state index in [9.17, 15) is 9.59 Å². The van der Waals surface area contributed by atoms with E-state index >= 15 is 0 Å². The third kappa shape index (κ3) is 4.17. The fourth-order valence-electron chi connectivity index (χ4n) is 1.93. The number of hydrogen-bond donors (Lipinski definition) is 1. The quantitative estimate of drug-likeness (QED) is 0.883. The van der Waals surface area contributed by atoms with Crippen LogP contribution in [0, 0.1) is 6.92 Å². The topological polar surface area (TPSA) is 75.4 Å². The van der Waals surface area contributed by atoms with Crippen LogP contribution in [-0.2, 0) is 4.79 Å². The second kappa shape index (κ2) is 7.22. The molecule has 1 aromatic heterocycles. The van der Waals surface area contributed by atoms with Gasteiger partial charge < -0.3 is 9.84 Å². The molecule has 1 aromatic carbocycles. The highest BCUT2D eigenvalue weighted by Crippen LogP contribution is 2.14. The third-order valence-electron chi connectivity index (χ3n) is 2.98. The average molecular weight is 366 g/mol. The number of hydrogen-bond acceptors (Lipinski definition) is 4. The van der Waals surface area contributed by atoms with E-state index in [4.69, 9.17) is 4.52 Å². The van der Waals surface area contributed by atoms with Crippen molar-refractivity contribution in [2.24, 2.45) is 0 Å². The maximum atomic E-state index is 12.0. The Bertz CT molecular complexity index is 684. The second-order valence-electron chi connectivity index (χ2n) is 4.73. The highest BCUT2D eigenvalue weighted by Gasteiger charge is 2.15. The van der Waals surface area contributed by atoms with Gasteiger partial charge in [0.1, 0.15) is 5.76 Å². The number of anilines is 1. The van der Waals surface area contributed by atoms with Crippen molar-refractivity contribution >= 4 is 33.6 Å². The molecule has 0 radical (unpaired) electrons. The molecule has 0 saturated heterocycles. The molecule has 2 rings (SSSR count). The number of halogens is 1. The summed E-state index contributed by atoms with van der Waals surface area (Å²) in [7, 11) is 0. The number of nitrogens with one attached hydrogen (secondary N) is 1. The standard InChI is InChI=1S/C15H16BrN3O3/c1-10-8-14(18-22-10)19(11(2)20)7-6-17-15(21)12-4-3-5-13(16)9-12/h3-5,8-9H,6-7H2,1-2H3,(H,17,21). The van der Waals surface area contributed by atoms with Crippen molar-refractivity contribution in [3.05, 3.63) is 46.1 Å². The molecule has 0 atom stereocenters. The van der Waals surface area contributed by atoms with Gasteiger partial charge in [-0.15, -0.1) is 0 Å². The molecule has 2 amide bonds. The van der Waals surface area contributed by atoms with Crippen molar-refractivity contribution < 1.29 is 14.1 Å². The summed E-state index contributed by atoms with van der Waals surface area (Å²) in [6.07, 6.45) is 0. The van der Waals surface area contributed by atoms with Gasteiger partial charge in [-0.25, -0.2) is 0 Å². The normalized spacial score (nSPS) is 10.3. The zero-order valence-corrected chi connectivity index (χ0v) is 13.9. The van der Waals surface area contributed by atoms with Crippen LogP contribution < -0.4 is 10.2 Å². The van der Waals surface area contributed by atoms with Crippen LogP contribution >= 0.6 is 15.9 Å². The highest BCUT2D eigenvalue weighted by molar-refractivity contribution is 9.10. The van der Waals surface area contributed by atoms with Gasteiger partial charge in [0.2, 0.25) is 5.91 Å². The lowest BCUT2D eigenvalue weighted by Crippen LogP contribution is -2.37. The Morgan fingerprint density at radius 3 is 2.73 bits per heavy atom. The van der Waals surface area contributed by atoms with Gasteiger partial charge in [0.15, 0.2) is 5.82 Å². The van der Waals surface area contributed by atoms with E-state index < -0.39 is 0 Å². The van der Waals surface area contributed by atoms with E-state index in [2.05, 4.69) is 26.4 Å². The molecule has 0 saturated carbocycles. The Balaban J connectivity index is 1.93. The van der Waals surface area contributed by atoms with Gasteiger partial charge in [-0.1, -0.05) is 27.2 Å². The van der Waals surface area contributed by atoms with Crippen molar-refractivity contribution in [3.8, 4) is 0 Å². The number of rotatable bonds is 5. The molecule has 6 nitrogen and oxygen atoms in total. The van der Waals surface area contributed by atoms with Crippen molar-refractivity contribution in [2.45, 2.75) is 13.8 Å². The average Bonchev–Trinajstić information content (AvgIpc) is 2.89. The summed E-state index contributed by atoms with van der Waals surface area (Å²) in [6.45, 7) is 3.84. The molecule has 0 aliphatic heterocycles. The second-order valence-corrected chi connectivity index (χ2v) is 5.65. The summed E-state index contributed by atoms with van der Waals surface area (Å²) in [6, 6.07) is 8.78. The Morgan fingerprint density at radius 1 is 1.36 bits per heavy atom. The number of aryl methyl sites for hydroxylation is 1. The molecule has 0 aliphatic rings. The largest absolute Gasteiger partial charge is 0.360 e. The lowest BCUT2D eigenvalue weighted by Gasteiger charge is -2.17. The molecule has 2 aromatic rings. The lowest BCUT2D eigenvalue weighted by atomic mass is 10.2. The summed E-state index contributed by atoms with van der Waals surface area (Å²) in [5, 5.41) is 6.59. The molecule has 0 aliphatic carbocycles. The Kier molecular flexibility index (Phi) is 5.32. The third-order valence-corrected chi connectivity index (χ3v) is 3.47. The molecule has 1 heterocycles. The van der Waals surface area contributed by atoms with Gasteiger partial charge in [0.25, 0.3) is 5.91 Å². The monoisotopic (exact) mass is 365 g/mol. The number of carbonyl (C=O) groups excluding carboxylic acids is 2. The van der Waals surface area contributed by atoms with Gasteiger partial charge in [-0.2, -0.15) is 0 Å². The Hall–Kier alpha value is -2.15. The predicted molar refractivity (Wildman–Crippen MR) is 85.7 cm³/mol. The number of nitrogens with zero attached hydrogens (tertiary/aromatic N) is 2. The van der Waals surface area contributed by atoms with Crippen LogP contribution in [0.2, 0.25) is 0 Å². The first-order chi connectivity index (χ1) is 10.5. The molecule has 0 spiro atoms. The van der Waals surface area contributed by atoms with E-state index in [0.717, 1.165) is 4.47 Å². The molecule has 0 bridgehead atoms. The van der Waals surface area contributed by atoms with Gasteiger partial charge in [0.05, 0.1) is 0 Å². The maximum Gasteiger partial charge on any atom is 0.251 e. The van der Waals surface area contributed by atoms with Gasteiger partial charge in [-0.3, -0.25) is 14.5 Å². The van der Waals surface area contributed by atoms with Gasteiger partial charge in [-0.05, 0) is 25.1 Å². The lowest BCUT2D eigenvalue weighted by molar-refractivity contribution is -0.116. The summed E-state index contributed by atoms with van der Waals surface area (Å²) in [5.41, 5.74) is 0.557. The first-order valence-electron chi connectivity index (χ1n) is 6.72. The van der Waals surface area contributed by atoms with Crippen LogP contribution in [0.5, 0.6) is 0 Å². The van der Waals surface area contributed by atoms with Crippen LogP contribution in [0.4, 0.5) is 5.82 Å². The molecule has 116 valence electrons.